The van der Waals surface area contributed by atoms with Crippen molar-refractivity contribution in [1.29, 1.82) is 0 Å². The number of fused-ring (bicyclic) bond motifs is 1. The standard InChI is InChI=1S/C21H24N2O5S/c1-15(24)22-14-16-4-7-18(8-5-16)29(25,26)23-10-2-3-19(23)17-6-9-20-21(13-17)28-12-11-27-20/h4-9,13,19H,2-3,10-12,14H2,1H3,(H,22,24). The van der Waals surface area contributed by atoms with Crippen LogP contribution in [0.1, 0.15) is 36.9 Å². The lowest BCUT2D eigenvalue weighted by Crippen LogP contribution is -2.30. The molecule has 1 fully saturated rings. The minimum absolute atomic E-state index is 0.124. The number of carbonyl (C=O) groups is 1. The van der Waals surface area contributed by atoms with Gasteiger partial charge in [-0.25, -0.2) is 8.42 Å². The molecule has 1 saturated heterocycles. The molecule has 2 aliphatic heterocycles. The molecule has 0 aliphatic carbocycles. The Labute approximate surface area is 170 Å². The highest BCUT2D eigenvalue weighted by Crippen LogP contribution is 2.40. The summed E-state index contributed by atoms with van der Waals surface area (Å²) in [5, 5.41) is 2.71. The van der Waals surface area contributed by atoms with Crippen molar-refractivity contribution in [2.75, 3.05) is 19.8 Å². The number of amides is 1. The first-order chi connectivity index (χ1) is 13.9. The van der Waals surface area contributed by atoms with E-state index in [9.17, 15) is 13.2 Å². The lowest BCUT2D eigenvalue weighted by Gasteiger charge is -2.26. The lowest BCUT2D eigenvalue weighted by atomic mass is 10.0. The summed E-state index contributed by atoms with van der Waals surface area (Å²) in [6.45, 7) is 3.32. The second-order valence-electron chi connectivity index (χ2n) is 7.23. The predicted octanol–water partition coefficient (Wildman–Crippen LogP) is 2.62. The number of ether oxygens (including phenoxy) is 2. The van der Waals surface area contributed by atoms with Gasteiger partial charge in [-0.05, 0) is 48.2 Å². The van der Waals surface area contributed by atoms with Crippen LogP contribution in [0.15, 0.2) is 47.4 Å². The molecule has 0 bridgehead atoms. The number of nitrogens with one attached hydrogen (secondary N) is 1. The van der Waals surface area contributed by atoms with Crippen molar-refractivity contribution in [3.05, 3.63) is 53.6 Å². The third-order valence-corrected chi connectivity index (χ3v) is 7.15. The molecule has 0 saturated carbocycles. The quantitative estimate of drug-likeness (QED) is 0.810. The van der Waals surface area contributed by atoms with Crippen molar-refractivity contribution in [2.45, 2.75) is 37.2 Å². The molecular formula is C21H24N2O5S. The topological polar surface area (TPSA) is 84.9 Å². The molecule has 1 unspecified atom stereocenters. The molecule has 2 aliphatic rings. The highest BCUT2D eigenvalue weighted by Gasteiger charge is 2.36. The first-order valence-corrected chi connectivity index (χ1v) is 11.1. The summed E-state index contributed by atoms with van der Waals surface area (Å²) in [5.74, 6) is 1.24. The fourth-order valence-electron chi connectivity index (χ4n) is 3.77. The largest absolute Gasteiger partial charge is 0.486 e. The average molecular weight is 416 g/mol. The van der Waals surface area contributed by atoms with Crippen molar-refractivity contribution in [1.82, 2.24) is 9.62 Å². The van der Waals surface area contributed by atoms with E-state index in [0.29, 0.717) is 37.8 Å². The molecule has 2 aromatic rings. The second-order valence-corrected chi connectivity index (χ2v) is 9.12. The summed E-state index contributed by atoms with van der Waals surface area (Å²) in [5.41, 5.74) is 1.77. The van der Waals surface area contributed by atoms with Crippen molar-refractivity contribution < 1.29 is 22.7 Å². The number of nitrogens with zero attached hydrogens (tertiary/aromatic N) is 1. The molecular weight excluding hydrogens is 392 g/mol. The summed E-state index contributed by atoms with van der Waals surface area (Å²) in [7, 11) is -3.63. The van der Waals surface area contributed by atoms with Gasteiger partial charge in [-0.1, -0.05) is 18.2 Å². The van der Waals surface area contributed by atoms with Crippen LogP contribution in [-0.2, 0) is 21.4 Å². The van der Waals surface area contributed by atoms with Gasteiger partial charge in [-0.2, -0.15) is 4.31 Å². The highest BCUT2D eigenvalue weighted by atomic mass is 32.2. The fourth-order valence-corrected chi connectivity index (χ4v) is 5.45. The Morgan fingerprint density at radius 3 is 2.55 bits per heavy atom. The maximum atomic E-state index is 13.3. The van der Waals surface area contributed by atoms with E-state index in [1.165, 1.54) is 6.92 Å². The minimum Gasteiger partial charge on any atom is -0.486 e. The third kappa shape index (κ3) is 4.09. The fraction of sp³-hybridized carbons (Fsp3) is 0.381. The smallest absolute Gasteiger partial charge is 0.243 e. The van der Waals surface area contributed by atoms with Gasteiger partial charge in [0.2, 0.25) is 15.9 Å². The summed E-state index contributed by atoms with van der Waals surface area (Å²) in [6.07, 6.45) is 1.57. The Morgan fingerprint density at radius 1 is 1.10 bits per heavy atom. The van der Waals surface area contributed by atoms with Crippen LogP contribution < -0.4 is 14.8 Å². The number of carbonyl (C=O) groups excluding carboxylic acids is 1. The van der Waals surface area contributed by atoms with Gasteiger partial charge in [0, 0.05) is 20.0 Å². The molecule has 0 aromatic heterocycles. The maximum Gasteiger partial charge on any atom is 0.243 e. The van der Waals surface area contributed by atoms with E-state index >= 15 is 0 Å². The van der Waals surface area contributed by atoms with Crippen molar-refractivity contribution in [2.24, 2.45) is 0 Å². The number of hydrogen-bond acceptors (Lipinski definition) is 5. The normalized spacial score (nSPS) is 19.1. The predicted molar refractivity (Wildman–Crippen MR) is 107 cm³/mol. The van der Waals surface area contributed by atoms with Crippen LogP contribution in [0.4, 0.5) is 0 Å². The highest BCUT2D eigenvalue weighted by molar-refractivity contribution is 7.89. The van der Waals surface area contributed by atoms with Crippen LogP contribution in [0.2, 0.25) is 0 Å². The molecule has 0 spiro atoms. The van der Waals surface area contributed by atoms with Gasteiger partial charge in [0.05, 0.1) is 10.9 Å². The molecule has 1 N–H and O–H groups in total. The Balaban J connectivity index is 1.56. The molecule has 8 heteroatoms. The van der Waals surface area contributed by atoms with E-state index in [4.69, 9.17) is 9.47 Å². The van der Waals surface area contributed by atoms with Gasteiger partial charge in [-0.3, -0.25) is 4.79 Å². The summed E-state index contributed by atoms with van der Waals surface area (Å²) < 4.78 is 39.4. The van der Waals surface area contributed by atoms with Gasteiger partial charge in [0.15, 0.2) is 11.5 Å². The van der Waals surface area contributed by atoms with Crippen LogP contribution in [-0.4, -0.2) is 38.4 Å². The summed E-state index contributed by atoms with van der Waals surface area (Å²) in [6, 6.07) is 12.1. The van der Waals surface area contributed by atoms with Gasteiger partial charge in [0.1, 0.15) is 13.2 Å². The maximum absolute atomic E-state index is 13.3. The molecule has 0 radical (unpaired) electrons. The van der Waals surface area contributed by atoms with Gasteiger partial charge >= 0.3 is 0 Å². The summed E-state index contributed by atoms with van der Waals surface area (Å²) >= 11 is 0. The van der Waals surface area contributed by atoms with Crippen LogP contribution in [0.3, 0.4) is 0 Å². The molecule has 7 nitrogen and oxygen atoms in total. The molecule has 1 amide bonds. The zero-order valence-corrected chi connectivity index (χ0v) is 17.1. The summed E-state index contributed by atoms with van der Waals surface area (Å²) in [4.78, 5) is 11.3. The minimum atomic E-state index is -3.63. The average Bonchev–Trinajstić information content (AvgIpc) is 3.23. The van der Waals surface area contributed by atoms with Crippen molar-refractivity contribution >= 4 is 15.9 Å². The van der Waals surface area contributed by atoms with E-state index in [0.717, 1.165) is 24.0 Å². The van der Waals surface area contributed by atoms with Crippen molar-refractivity contribution in [3.63, 3.8) is 0 Å². The number of sulfonamides is 1. The monoisotopic (exact) mass is 416 g/mol. The number of benzene rings is 2. The number of hydrogen-bond donors (Lipinski definition) is 1. The van der Waals surface area contributed by atoms with Crippen LogP contribution in [0, 0.1) is 0 Å². The number of rotatable bonds is 5. The molecule has 29 heavy (non-hydrogen) atoms. The van der Waals surface area contributed by atoms with E-state index in [-0.39, 0.29) is 16.8 Å². The first kappa shape index (κ1) is 19.7. The molecule has 4 rings (SSSR count). The zero-order valence-electron chi connectivity index (χ0n) is 16.3. The van der Waals surface area contributed by atoms with E-state index in [1.54, 1.807) is 28.6 Å². The Morgan fingerprint density at radius 2 is 1.83 bits per heavy atom. The molecule has 2 aromatic carbocycles. The molecule has 154 valence electrons. The van der Waals surface area contributed by atoms with Gasteiger partial charge < -0.3 is 14.8 Å². The van der Waals surface area contributed by atoms with E-state index in [2.05, 4.69) is 5.32 Å². The van der Waals surface area contributed by atoms with Gasteiger partial charge in [-0.15, -0.1) is 0 Å². The van der Waals surface area contributed by atoms with Crippen molar-refractivity contribution in [3.8, 4) is 11.5 Å². The zero-order chi connectivity index (χ0) is 20.4. The third-order valence-electron chi connectivity index (χ3n) is 5.23. The van der Waals surface area contributed by atoms with Crippen LogP contribution in [0.25, 0.3) is 0 Å². The lowest BCUT2D eigenvalue weighted by molar-refractivity contribution is -0.119. The Kier molecular flexibility index (Phi) is 5.47. The van der Waals surface area contributed by atoms with Gasteiger partial charge in [0.25, 0.3) is 0 Å². The Hall–Kier alpha value is -2.58. The Bertz CT molecular complexity index is 1000. The second kappa shape index (κ2) is 8.04. The molecule has 1 atom stereocenters. The SMILES string of the molecule is CC(=O)NCc1ccc(S(=O)(=O)N2CCCC2c2ccc3c(c2)OCCO3)cc1. The van der Waals surface area contributed by atoms with Crippen LogP contribution >= 0.6 is 0 Å². The van der Waals surface area contributed by atoms with E-state index in [1.807, 2.05) is 18.2 Å². The first-order valence-electron chi connectivity index (χ1n) is 9.70. The van der Waals surface area contributed by atoms with Crippen LogP contribution in [0.5, 0.6) is 11.5 Å². The van der Waals surface area contributed by atoms with E-state index < -0.39 is 10.0 Å². The molecule has 2 heterocycles.